The Balaban J connectivity index is 1.01. The number of rotatable bonds is 21. The van der Waals surface area contributed by atoms with Gasteiger partial charge < -0.3 is 10.2 Å². The number of nitrogens with one attached hydrogen (secondary N) is 1. The lowest BCUT2D eigenvalue weighted by Gasteiger charge is -2.34. The molecule has 9 aromatic rings. The number of benzene rings is 9. The number of fused-ring (bicyclic) bond motifs is 4. The van der Waals surface area contributed by atoms with Crippen molar-refractivity contribution in [1.82, 2.24) is 0 Å². The van der Waals surface area contributed by atoms with Crippen molar-refractivity contribution in [3.8, 4) is 55.6 Å². The van der Waals surface area contributed by atoms with Crippen LogP contribution >= 0.6 is 0 Å². The van der Waals surface area contributed by atoms with Crippen LogP contribution in [-0.2, 0) is 11.8 Å². The van der Waals surface area contributed by atoms with Gasteiger partial charge in [0.2, 0.25) is 0 Å². The van der Waals surface area contributed by atoms with Crippen LogP contribution in [-0.4, -0.2) is 0 Å². The maximum Gasteiger partial charge on any atom is 0.0465 e. The molecule has 0 unspecified atom stereocenters. The largest absolute Gasteiger partial charge is 0.355 e. The molecule has 11 rings (SSSR count). The molecule has 382 valence electrons. The van der Waals surface area contributed by atoms with Crippen molar-refractivity contribution >= 4 is 46.7 Å². The number of aryl methyl sites for hydroxylation is 1. The minimum atomic E-state index is -0.147. The maximum atomic E-state index is 4.06. The maximum absolute atomic E-state index is 4.06. The molecule has 77 heavy (non-hydrogen) atoms. The van der Waals surface area contributed by atoms with E-state index in [-0.39, 0.29) is 5.41 Å². The fourth-order valence-electron chi connectivity index (χ4n) is 12.3. The SMILES string of the molecule is C=Cc1ccc(-c2cccc(-c3cc(-c4ccc(C=C)cc4)ccc3Nc3ccc4c(c3)C(CCCCCC)(CCCCCC)c3cc(N(c5ccccc5)c5ccc(-c6cccc7c6C=CCC7)cc5)ccc3-4)c2)cc1. The smallest absolute Gasteiger partial charge is 0.0465 e. The minimum Gasteiger partial charge on any atom is -0.355 e. The van der Waals surface area contributed by atoms with Crippen molar-refractivity contribution in [2.75, 3.05) is 10.2 Å². The van der Waals surface area contributed by atoms with Crippen LogP contribution in [0.5, 0.6) is 0 Å². The molecular weight excluding hydrogens is 929 g/mol. The van der Waals surface area contributed by atoms with Crippen LogP contribution in [0.1, 0.15) is 118 Å². The van der Waals surface area contributed by atoms with E-state index in [9.17, 15) is 0 Å². The molecule has 0 amide bonds. The Morgan fingerprint density at radius 2 is 1.04 bits per heavy atom. The number of unbranched alkanes of at least 4 members (excludes halogenated alkanes) is 6. The summed E-state index contributed by atoms with van der Waals surface area (Å²) in [6, 6.07) is 75.0. The van der Waals surface area contributed by atoms with Gasteiger partial charge in [-0.3, -0.25) is 0 Å². The number of hydrogen-bond donors (Lipinski definition) is 1. The Bertz CT molecular complexity index is 3530. The fraction of sp³-hybridized carbons (Fsp3) is 0.200. The summed E-state index contributed by atoms with van der Waals surface area (Å²) in [6.07, 6.45) is 22.7. The molecule has 1 N–H and O–H groups in total. The van der Waals surface area contributed by atoms with Crippen LogP contribution in [0, 0.1) is 0 Å². The third-order valence-corrected chi connectivity index (χ3v) is 16.5. The van der Waals surface area contributed by atoms with Crippen LogP contribution in [0.25, 0.3) is 73.9 Å². The van der Waals surface area contributed by atoms with Crippen LogP contribution < -0.4 is 10.2 Å². The van der Waals surface area contributed by atoms with E-state index < -0.39 is 0 Å². The van der Waals surface area contributed by atoms with Crippen molar-refractivity contribution in [1.29, 1.82) is 0 Å². The molecule has 0 aromatic heterocycles. The summed E-state index contributed by atoms with van der Waals surface area (Å²) in [5.74, 6) is 0. The lowest BCUT2D eigenvalue weighted by molar-refractivity contribution is 0.401. The van der Waals surface area contributed by atoms with Gasteiger partial charge in [-0.2, -0.15) is 0 Å². The summed E-state index contributed by atoms with van der Waals surface area (Å²) in [7, 11) is 0. The first-order chi connectivity index (χ1) is 38.0. The highest BCUT2D eigenvalue weighted by molar-refractivity contribution is 5.91. The average molecular weight is 1000 g/mol. The molecule has 0 fully saturated rings. The third-order valence-electron chi connectivity index (χ3n) is 16.5. The molecule has 2 heteroatoms. The first-order valence-electron chi connectivity index (χ1n) is 28.5. The predicted molar refractivity (Wildman–Crippen MR) is 334 cm³/mol. The van der Waals surface area contributed by atoms with Crippen LogP contribution in [0.15, 0.2) is 219 Å². The van der Waals surface area contributed by atoms with Gasteiger partial charge in [0.05, 0.1) is 0 Å². The van der Waals surface area contributed by atoms with E-state index in [1.54, 1.807) is 0 Å². The van der Waals surface area contributed by atoms with Gasteiger partial charge in [-0.15, -0.1) is 0 Å². The summed E-state index contributed by atoms with van der Waals surface area (Å²) in [5.41, 5.74) is 25.9. The zero-order chi connectivity index (χ0) is 52.6. The zero-order valence-electron chi connectivity index (χ0n) is 45.2. The Morgan fingerprint density at radius 1 is 0.455 bits per heavy atom. The van der Waals surface area contributed by atoms with E-state index in [4.69, 9.17) is 0 Å². The number of allylic oxidation sites excluding steroid dienone is 1. The van der Waals surface area contributed by atoms with Gasteiger partial charge in [-0.25, -0.2) is 0 Å². The van der Waals surface area contributed by atoms with E-state index in [1.165, 1.54) is 129 Å². The standard InChI is InChI=1S/C75H72N2/c1-5-9-11-18-48-75(49-19-12-10-6-2)72-52-63(76-74-47-40-61(57-36-32-55(8-4)33-37-57)51-71(74)62-25-20-24-60(50-62)56-34-30-54(7-3)31-35-56)41-45-69(72)70-46-44-66(53-73(70)75)77(64-26-14-13-15-27-64)65-42-38-59(39-43-65)68-29-21-23-58-22-16-17-28-67(58)68/h7-8,13-15,17,20-21,23-47,50-53,76H,3-6,9-12,16,18-19,22,48-49H2,1-2H3. The summed E-state index contributed by atoms with van der Waals surface area (Å²) < 4.78 is 0. The van der Waals surface area contributed by atoms with E-state index in [1.807, 2.05) is 12.2 Å². The van der Waals surface area contributed by atoms with Gasteiger partial charge in [0.1, 0.15) is 0 Å². The zero-order valence-corrected chi connectivity index (χ0v) is 45.2. The first-order valence-corrected chi connectivity index (χ1v) is 28.5. The van der Waals surface area contributed by atoms with E-state index in [0.29, 0.717) is 0 Å². The van der Waals surface area contributed by atoms with Gasteiger partial charge in [0, 0.05) is 39.4 Å². The normalized spacial score (nSPS) is 12.9. The third kappa shape index (κ3) is 10.7. The molecule has 0 saturated heterocycles. The molecule has 0 heterocycles. The number of hydrogen-bond acceptors (Lipinski definition) is 2. The average Bonchev–Trinajstić information content (AvgIpc) is 3.96. The number of para-hydroxylation sites is 1. The van der Waals surface area contributed by atoms with Crippen molar-refractivity contribution in [2.24, 2.45) is 0 Å². The van der Waals surface area contributed by atoms with Crippen molar-refractivity contribution in [2.45, 2.75) is 96.3 Å². The molecule has 0 atom stereocenters. The van der Waals surface area contributed by atoms with E-state index in [0.717, 1.165) is 65.1 Å². The highest BCUT2D eigenvalue weighted by atomic mass is 15.1. The highest BCUT2D eigenvalue weighted by Gasteiger charge is 2.43. The lowest BCUT2D eigenvalue weighted by atomic mass is 9.70. The van der Waals surface area contributed by atoms with Gasteiger partial charge in [0.25, 0.3) is 0 Å². The van der Waals surface area contributed by atoms with Gasteiger partial charge in [-0.1, -0.05) is 236 Å². The van der Waals surface area contributed by atoms with Gasteiger partial charge in [-0.05, 0) is 176 Å². The summed E-state index contributed by atoms with van der Waals surface area (Å²) in [6.45, 7) is 12.6. The number of nitrogens with zero attached hydrogens (tertiary/aromatic N) is 1. The molecule has 0 saturated carbocycles. The minimum absolute atomic E-state index is 0.147. The van der Waals surface area contributed by atoms with Gasteiger partial charge >= 0.3 is 0 Å². The van der Waals surface area contributed by atoms with Crippen molar-refractivity contribution < 1.29 is 0 Å². The van der Waals surface area contributed by atoms with Gasteiger partial charge in [0.15, 0.2) is 0 Å². The molecule has 0 aliphatic heterocycles. The number of anilines is 5. The molecule has 2 aliphatic rings. The molecule has 0 radical (unpaired) electrons. The van der Waals surface area contributed by atoms with Crippen LogP contribution in [0.2, 0.25) is 0 Å². The summed E-state index contributed by atoms with van der Waals surface area (Å²) in [4.78, 5) is 2.48. The molecule has 0 bridgehead atoms. The van der Waals surface area contributed by atoms with Crippen LogP contribution in [0.4, 0.5) is 28.4 Å². The molecule has 2 nitrogen and oxygen atoms in total. The second-order valence-corrected chi connectivity index (χ2v) is 21.3. The second-order valence-electron chi connectivity index (χ2n) is 21.3. The van der Waals surface area contributed by atoms with E-state index in [2.05, 4.69) is 250 Å². The molecule has 2 aliphatic carbocycles. The van der Waals surface area contributed by atoms with Crippen molar-refractivity contribution in [3.63, 3.8) is 0 Å². The Hall–Kier alpha value is -8.20. The predicted octanol–water partition coefficient (Wildman–Crippen LogP) is 22.0. The quantitative estimate of drug-likeness (QED) is 0.0722. The fourth-order valence-corrected chi connectivity index (χ4v) is 12.3. The summed E-state index contributed by atoms with van der Waals surface area (Å²) in [5, 5.41) is 4.06. The second kappa shape index (κ2) is 23.4. The van der Waals surface area contributed by atoms with Crippen LogP contribution in [0.3, 0.4) is 0 Å². The first kappa shape index (κ1) is 50.9. The highest BCUT2D eigenvalue weighted by Crippen LogP contribution is 2.56. The Kier molecular flexibility index (Phi) is 15.5. The topological polar surface area (TPSA) is 15.3 Å². The molecule has 9 aromatic carbocycles. The molecular formula is C75H72N2. The summed E-state index contributed by atoms with van der Waals surface area (Å²) >= 11 is 0. The van der Waals surface area contributed by atoms with Crippen molar-refractivity contribution in [3.05, 3.63) is 253 Å². The Morgan fingerprint density at radius 3 is 1.71 bits per heavy atom. The van der Waals surface area contributed by atoms with E-state index >= 15 is 0 Å². The lowest BCUT2D eigenvalue weighted by Crippen LogP contribution is -2.26. The molecule has 0 spiro atoms. The Labute approximate surface area is 459 Å². The monoisotopic (exact) mass is 1000 g/mol.